The van der Waals surface area contributed by atoms with Crippen LogP contribution < -0.4 is 5.32 Å². The lowest BCUT2D eigenvalue weighted by Gasteiger charge is -2.33. The van der Waals surface area contributed by atoms with Gasteiger partial charge in [-0.15, -0.1) is 11.8 Å². The highest BCUT2D eigenvalue weighted by Crippen LogP contribution is 2.41. The Kier molecular flexibility index (Phi) is 7.24. The first kappa shape index (κ1) is 20.3. The number of hydrogen-bond donors (Lipinski definition) is 1. The van der Waals surface area contributed by atoms with Crippen molar-refractivity contribution >= 4 is 23.6 Å². The van der Waals surface area contributed by atoms with Crippen LogP contribution >= 0.6 is 11.8 Å². The summed E-state index contributed by atoms with van der Waals surface area (Å²) in [5.74, 6) is 0.590. The van der Waals surface area contributed by atoms with Crippen molar-refractivity contribution in [3.8, 4) is 0 Å². The molecule has 150 valence electrons. The van der Waals surface area contributed by atoms with Crippen molar-refractivity contribution in [1.29, 1.82) is 0 Å². The van der Waals surface area contributed by atoms with Gasteiger partial charge < -0.3 is 19.5 Å². The Bertz CT molecular complexity index is 622. The van der Waals surface area contributed by atoms with Crippen LogP contribution in [-0.4, -0.2) is 59.1 Å². The summed E-state index contributed by atoms with van der Waals surface area (Å²) in [6, 6.07) is 2.11. The van der Waals surface area contributed by atoms with E-state index in [0.29, 0.717) is 24.8 Å². The molecule has 1 N–H and O–H groups in total. The van der Waals surface area contributed by atoms with Crippen molar-refractivity contribution in [1.82, 2.24) is 15.1 Å². The van der Waals surface area contributed by atoms with E-state index < -0.39 is 6.04 Å². The molecule has 2 saturated heterocycles. The minimum atomic E-state index is -0.406. The number of thioether (sulfide) groups is 1. The second-order valence-electron chi connectivity index (χ2n) is 7.44. The van der Waals surface area contributed by atoms with Crippen LogP contribution in [0.4, 0.5) is 0 Å². The molecule has 3 unspecified atom stereocenters. The van der Waals surface area contributed by atoms with Gasteiger partial charge in [-0.05, 0) is 38.8 Å². The van der Waals surface area contributed by atoms with Gasteiger partial charge in [0.05, 0.1) is 12.5 Å². The van der Waals surface area contributed by atoms with E-state index in [1.54, 1.807) is 29.2 Å². The monoisotopic (exact) mass is 393 g/mol. The Hall–Kier alpha value is -1.47. The number of rotatable bonds is 7. The van der Waals surface area contributed by atoms with Crippen molar-refractivity contribution in [2.24, 2.45) is 0 Å². The fourth-order valence-electron chi connectivity index (χ4n) is 3.97. The molecular weight excluding hydrogens is 362 g/mol. The maximum Gasteiger partial charge on any atom is 0.243 e. The van der Waals surface area contributed by atoms with Gasteiger partial charge in [0.2, 0.25) is 11.8 Å². The average Bonchev–Trinajstić information content (AvgIpc) is 3.35. The molecule has 2 fully saturated rings. The molecule has 27 heavy (non-hydrogen) atoms. The van der Waals surface area contributed by atoms with Gasteiger partial charge in [0.1, 0.15) is 11.4 Å². The Morgan fingerprint density at radius 2 is 2.22 bits per heavy atom. The van der Waals surface area contributed by atoms with Crippen LogP contribution in [0.15, 0.2) is 23.0 Å². The summed E-state index contributed by atoms with van der Waals surface area (Å²) in [4.78, 5) is 29.5. The van der Waals surface area contributed by atoms with Gasteiger partial charge in [-0.25, -0.2) is 0 Å². The lowest BCUT2D eigenvalue weighted by molar-refractivity contribution is -0.139. The zero-order chi connectivity index (χ0) is 19.2. The zero-order valence-corrected chi connectivity index (χ0v) is 17.2. The highest BCUT2D eigenvalue weighted by molar-refractivity contribution is 7.99. The number of nitrogens with zero attached hydrogens (tertiary/aromatic N) is 2. The second-order valence-corrected chi connectivity index (χ2v) is 8.55. The smallest absolute Gasteiger partial charge is 0.243 e. The van der Waals surface area contributed by atoms with Crippen molar-refractivity contribution in [2.75, 3.05) is 25.4 Å². The number of amides is 2. The fraction of sp³-hybridized carbons (Fsp3) is 0.700. The first-order chi connectivity index (χ1) is 13.1. The average molecular weight is 394 g/mol. The highest BCUT2D eigenvalue weighted by atomic mass is 32.2. The molecule has 0 aliphatic carbocycles. The maximum atomic E-state index is 12.8. The van der Waals surface area contributed by atoms with Crippen LogP contribution in [0.25, 0.3) is 0 Å². The summed E-state index contributed by atoms with van der Waals surface area (Å²) in [7, 11) is 0. The Balaban J connectivity index is 1.51. The summed E-state index contributed by atoms with van der Waals surface area (Å²) in [6.45, 7) is 6.98. The quantitative estimate of drug-likeness (QED) is 0.722. The Morgan fingerprint density at radius 1 is 1.37 bits per heavy atom. The standard InChI is InChI=1S/C20H31N3O3S/c1-3-18(24)23-17(14-27-20(23)16-8-12-26-13-16)19(25)21-9-6-11-22-10-5-4-7-15(22)2/h8,12-13,15,17,20H,3-7,9-11,14H2,1-2H3,(H,21,25). The van der Waals surface area contributed by atoms with Crippen LogP contribution in [0.3, 0.4) is 0 Å². The summed E-state index contributed by atoms with van der Waals surface area (Å²) in [6.07, 6.45) is 8.49. The number of carbonyl (C=O) groups excluding carboxylic acids is 2. The third-order valence-electron chi connectivity index (χ3n) is 5.58. The van der Waals surface area contributed by atoms with Gasteiger partial charge >= 0.3 is 0 Å². The second kappa shape index (κ2) is 9.64. The molecule has 6 nitrogen and oxygen atoms in total. The van der Waals surface area contributed by atoms with Gasteiger partial charge in [0.25, 0.3) is 0 Å². The number of likely N-dealkylation sites (tertiary alicyclic amines) is 1. The first-order valence-corrected chi connectivity index (χ1v) is 11.1. The number of carbonyl (C=O) groups is 2. The molecule has 7 heteroatoms. The summed E-state index contributed by atoms with van der Waals surface area (Å²) >= 11 is 1.63. The summed E-state index contributed by atoms with van der Waals surface area (Å²) < 4.78 is 5.17. The van der Waals surface area contributed by atoms with Gasteiger partial charge in [-0.3, -0.25) is 9.59 Å². The van der Waals surface area contributed by atoms with Crippen molar-refractivity contribution < 1.29 is 14.0 Å². The lowest BCUT2D eigenvalue weighted by atomic mass is 10.0. The van der Waals surface area contributed by atoms with Crippen LogP contribution in [0, 0.1) is 0 Å². The predicted molar refractivity (Wildman–Crippen MR) is 107 cm³/mol. The predicted octanol–water partition coefficient (Wildman–Crippen LogP) is 3.01. The van der Waals surface area contributed by atoms with Crippen molar-refractivity contribution in [2.45, 2.75) is 63.4 Å². The van der Waals surface area contributed by atoms with E-state index in [4.69, 9.17) is 4.42 Å². The topological polar surface area (TPSA) is 65.8 Å². The largest absolute Gasteiger partial charge is 0.472 e. The highest BCUT2D eigenvalue weighted by Gasteiger charge is 2.41. The third kappa shape index (κ3) is 4.88. The van der Waals surface area contributed by atoms with Crippen LogP contribution in [0.5, 0.6) is 0 Å². The molecule has 2 amide bonds. The van der Waals surface area contributed by atoms with E-state index in [0.717, 1.165) is 18.5 Å². The fourth-order valence-corrected chi connectivity index (χ4v) is 5.40. The van der Waals surface area contributed by atoms with Crippen LogP contribution in [0.1, 0.15) is 56.9 Å². The molecule has 3 atom stereocenters. The minimum Gasteiger partial charge on any atom is -0.472 e. The lowest BCUT2D eigenvalue weighted by Crippen LogP contribution is -2.48. The molecule has 3 heterocycles. The van der Waals surface area contributed by atoms with E-state index in [2.05, 4.69) is 17.1 Å². The van der Waals surface area contributed by atoms with Crippen LogP contribution in [0.2, 0.25) is 0 Å². The van der Waals surface area contributed by atoms with E-state index in [-0.39, 0.29) is 17.2 Å². The van der Waals surface area contributed by atoms with Gasteiger partial charge in [-0.2, -0.15) is 0 Å². The van der Waals surface area contributed by atoms with Crippen molar-refractivity contribution in [3.05, 3.63) is 24.2 Å². The number of nitrogens with one attached hydrogen (secondary N) is 1. The Morgan fingerprint density at radius 3 is 2.93 bits per heavy atom. The van der Waals surface area contributed by atoms with E-state index >= 15 is 0 Å². The normalized spacial score (nSPS) is 26.3. The van der Waals surface area contributed by atoms with E-state index in [1.165, 1.54) is 25.8 Å². The Labute approximate surface area is 166 Å². The summed E-state index contributed by atoms with van der Waals surface area (Å²) in [5.41, 5.74) is 0.941. The number of piperidine rings is 1. The first-order valence-electron chi connectivity index (χ1n) is 10.1. The molecule has 0 bridgehead atoms. The van der Waals surface area contributed by atoms with Crippen molar-refractivity contribution in [3.63, 3.8) is 0 Å². The molecular formula is C20H31N3O3S. The SMILES string of the molecule is CCC(=O)N1C(C(=O)NCCCN2CCCCC2C)CSC1c1ccoc1. The molecule has 1 aromatic rings. The molecule has 0 aromatic carbocycles. The molecule has 0 radical (unpaired) electrons. The minimum absolute atomic E-state index is 0.00786. The number of furan rings is 1. The maximum absolute atomic E-state index is 12.8. The third-order valence-corrected chi connectivity index (χ3v) is 6.91. The molecule has 3 rings (SSSR count). The van der Waals surface area contributed by atoms with Gasteiger partial charge in [-0.1, -0.05) is 13.3 Å². The molecule has 1 aromatic heterocycles. The molecule has 0 spiro atoms. The van der Waals surface area contributed by atoms with Crippen LogP contribution in [-0.2, 0) is 9.59 Å². The van der Waals surface area contributed by atoms with Gasteiger partial charge in [0.15, 0.2) is 0 Å². The molecule has 2 aliphatic rings. The zero-order valence-electron chi connectivity index (χ0n) is 16.4. The summed E-state index contributed by atoms with van der Waals surface area (Å²) in [5, 5.41) is 2.92. The molecule has 2 aliphatic heterocycles. The van der Waals surface area contributed by atoms with Gasteiger partial charge in [0, 0.05) is 36.9 Å². The number of hydrogen-bond acceptors (Lipinski definition) is 5. The van der Waals surface area contributed by atoms with E-state index in [1.807, 2.05) is 13.0 Å². The van der Waals surface area contributed by atoms with E-state index in [9.17, 15) is 9.59 Å². The molecule has 0 saturated carbocycles.